The van der Waals surface area contributed by atoms with E-state index in [1.807, 2.05) is 18.2 Å². The van der Waals surface area contributed by atoms with Crippen molar-refractivity contribution in [3.8, 4) is 5.88 Å². The van der Waals surface area contributed by atoms with Crippen LogP contribution in [0.15, 0.2) is 54.0 Å². The highest BCUT2D eigenvalue weighted by Crippen LogP contribution is 2.35. The van der Waals surface area contributed by atoms with Crippen molar-refractivity contribution in [2.24, 2.45) is 5.41 Å². The van der Waals surface area contributed by atoms with E-state index >= 15 is 0 Å². The second kappa shape index (κ2) is 9.90. The van der Waals surface area contributed by atoms with Crippen LogP contribution >= 0.6 is 0 Å². The lowest BCUT2D eigenvalue weighted by molar-refractivity contribution is 0.102. The van der Waals surface area contributed by atoms with Crippen molar-refractivity contribution in [3.05, 3.63) is 65.5 Å². The monoisotopic (exact) mass is 563 g/mol. The second-order valence-electron chi connectivity index (χ2n) is 10.4. The number of benzene rings is 1. The number of carbonyl (C=O) groups excluding carboxylic acids is 2. The van der Waals surface area contributed by atoms with Gasteiger partial charge in [0.15, 0.2) is 0 Å². The molecule has 208 valence electrons. The predicted octanol–water partition coefficient (Wildman–Crippen LogP) is 3.08. The zero-order valence-corrected chi connectivity index (χ0v) is 23.5. The van der Waals surface area contributed by atoms with Crippen LogP contribution in [0.5, 0.6) is 5.88 Å². The Morgan fingerprint density at radius 3 is 2.62 bits per heavy atom. The number of amides is 3. The van der Waals surface area contributed by atoms with Gasteiger partial charge in [0, 0.05) is 48.3 Å². The van der Waals surface area contributed by atoms with Crippen molar-refractivity contribution in [3.63, 3.8) is 0 Å². The number of ether oxygens (including phenoxy) is 1. The average molecular weight is 564 g/mol. The average Bonchev–Trinajstić information content (AvgIpc) is 3.29. The van der Waals surface area contributed by atoms with Crippen LogP contribution in [0.25, 0.3) is 5.70 Å². The van der Waals surface area contributed by atoms with E-state index in [0.29, 0.717) is 22.5 Å². The van der Waals surface area contributed by atoms with Gasteiger partial charge in [-0.1, -0.05) is 32.1 Å². The molecule has 4 heterocycles. The van der Waals surface area contributed by atoms with Crippen molar-refractivity contribution < 1.29 is 22.7 Å². The number of hydrogen-bond acceptors (Lipinski definition) is 9. The van der Waals surface area contributed by atoms with Gasteiger partial charge in [0.05, 0.1) is 25.5 Å². The van der Waals surface area contributed by atoms with E-state index in [1.165, 1.54) is 36.4 Å². The summed E-state index contributed by atoms with van der Waals surface area (Å²) in [5.41, 5.74) is 3.58. The van der Waals surface area contributed by atoms with Gasteiger partial charge in [0.1, 0.15) is 11.5 Å². The number of methoxy groups -OCH3 is 1. The van der Waals surface area contributed by atoms with Gasteiger partial charge < -0.3 is 15.4 Å². The second-order valence-corrected chi connectivity index (χ2v) is 12.3. The zero-order chi connectivity index (χ0) is 28.8. The smallest absolute Gasteiger partial charge is 0.330 e. The first kappa shape index (κ1) is 27.1. The molecule has 3 amide bonds. The van der Waals surface area contributed by atoms with Gasteiger partial charge in [-0.2, -0.15) is 0 Å². The number of aromatic nitrogens is 3. The van der Waals surface area contributed by atoms with Crippen LogP contribution in [0.4, 0.5) is 22.0 Å². The molecule has 12 nitrogen and oxygen atoms in total. The summed E-state index contributed by atoms with van der Waals surface area (Å²) in [5, 5.41) is 5.87. The van der Waals surface area contributed by atoms with Crippen LogP contribution in [-0.4, -0.2) is 62.3 Å². The largest absolute Gasteiger partial charge is 0.480 e. The maximum atomic E-state index is 13.3. The summed E-state index contributed by atoms with van der Waals surface area (Å²) < 4.78 is 29.2. The Morgan fingerprint density at radius 2 is 1.95 bits per heavy atom. The minimum absolute atomic E-state index is 0.0291. The summed E-state index contributed by atoms with van der Waals surface area (Å²) in [6.07, 6.45) is 5.98. The first-order chi connectivity index (χ1) is 18.9. The van der Waals surface area contributed by atoms with Gasteiger partial charge in [-0.3, -0.25) is 14.6 Å². The van der Waals surface area contributed by atoms with Crippen molar-refractivity contribution >= 4 is 44.7 Å². The maximum Gasteiger partial charge on any atom is 0.330 e. The summed E-state index contributed by atoms with van der Waals surface area (Å²) in [6, 6.07) is 8.43. The molecule has 3 aromatic rings. The Hall–Kier alpha value is -4.52. The van der Waals surface area contributed by atoms with Crippen LogP contribution in [-0.2, 0) is 16.4 Å². The minimum Gasteiger partial charge on any atom is -0.480 e. The summed E-state index contributed by atoms with van der Waals surface area (Å²) in [7, 11) is -0.744. The first-order valence-corrected chi connectivity index (χ1v) is 14.3. The van der Waals surface area contributed by atoms with E-state index in [2.05, 4.69) is 45.5 Å². The Labute approximate surface area is 232 Å². The Morgan fingerprint density at radius 1 is 1.18 bits per heavy atom. The summed E-state index contributed by atoms with van der Waals surface area (Å²) in [4.78, 5) is 41.5. The molecule has 0 saturated carbocycles. The number of hydrogen-bond donors (Lipinski definition) is 2. The quantitative estimate of drug-likeness (QED) is 0.432. The highest BCUT2D eigenvalue weighted by molar-refractivity contribution is 7.90. The van der Waals surface area contributed by atoms with Gasteiger partial charge in [-0.15, -0.1) is 0 Å². The number of fused-ring (bicyclic) bond motifs is 1. The van der Waals surface area contributed by atoms with Gasteiger partial charge in [0.2, 0.25) is 20.9 Å². The maximum absolute atomic E-state index is 13.3. The SMILES string of the molecule is COc1ncc(NC(=O)c2cccc(C3=CC(C)(C)CN3)c2)cc1N1Cc2cnc(S(C)(=O)=O)nc2N(C)C1=O. The normalized spacial score (nSPS) is 16.2. The lowest BCUT2D eigenvalue weighted by Gasteiger charge is -2.34. The fourth-order valence-electron chi connectivity index (χ4n) is 4.55. The molecule has 0 atom stereocenters. The molecule has 0 radical (unpaired) electrons. The fraction of sp³-hybridized carbons (Fsp3) is 0.296. The Kier molecular flexibility index (Phi) is 6.70. The molecule has 2 aliphatic heterocycles. The van der Waals surface area contributed by atoms with Crippen molar-refractivity contribution in [1.29, 1.82) is 0 Å². The summed E-state index contributed by atoms with van der Waals surface area (Å²) >= 11 is 0. The highest BCUT2D eigenvalue weighted by Gasteiger charge is 2.33. The number of urea groups is 1. The molecule has 0 aliphatic carbocycles. The molecule has 40 heavy (non-hydrogen) atoms. The van der Waals surface area contributed by atoms with Crippen LogP contribution in [0.1, 0.15) is 35.3 Å². The van der Waals surface area contributed by atoms with Crippen LogP contribution in [0, 0.1) is 5.41 Å². The highest BCUT2D eigenvalue weighted by atomic mass is 32.2. The third-order valence-electron chi connectivity index (χ3n) is 6.59. The predicted molar refractivity (Wildman–Crippen MR) is 150 cm³/mol. The molecular formula is C27H29N7O5S. The van der Waals surface area contributed by atoms with E-state index in [9.17, 15) is 18.0 Å². The molecule has 2 aromatic heterocycles. The number of nitrogens with one attached hydrogen (secondary N) is 2. The Balaban J connectivity index is 1.42. The van der Waals surface area contributed by atoms with Crippen LogP contribution < -0.4 is 25.2 Å². The number of sulfone groups is 1. The van der Waals surface area contributed by atoms with Gasteiger partial charge in [-0.25, -0.2) is 28.2 Å². The molecule has 0 fully saturated rings. The first-order valence-electron chi connectivity index (χ1n) is 12.4. The van der Waals surface area contributed by atoms with Crippen LogP contribution in [0.2, 0.25) is 0 Å². The van der Waals surface area contributed by atoms with Crippen molar-refractivity contribution in [2.75, 3.05) is 42.1 Å². The van der Waals surface area contributed by atoms with Gasteiger partial charge in [0.25, 0.3) is 5.91 Å². The third kappa shape index (κ3) is 5.19. The molecule has 2 aliphatic rings. The van der Waals surface area contributed by atoms with E-state index in [1.54, 1.807) is 12.1 Å². The Bertz CT molecular complexity index is 1670. The van der Waals surface area contributed by atoms with Crippen molar-refractivity contribution in [2.45, 2.75) is 25.5 Å². The molecule has 0 unspecified atom stereocenters. The molecule has 2 N–H and O–H groups in total. The van der Waals surface area contributed by atoms with E-state index in [0.717, 1.165) is 24.1 Å². The number of rotatable bonds is 6. The minimum atomic E-state index is -3.66. The molecule has 5 rings (SSSR count). The molecular weight excluding hydrogens is 534 g/mol. The van der Waals surface area contributed by atoms with Gasteiger partial charge in [-0.05, 0) is 23.8 Å². The number of pyridine rings is 1. The summed E-state index contributed by atoms with van der Waals surface area (Å²) in [6.45, 7) is 5.14. The van der Waals surface area contributed by atoms with Crippen molar-refractivity contribution in [1.82, 2.24) is 20.3 Å². The molecule has 0 bridgehead atoms. The lowest BCUT2D eigenvalue weighted by atomic mass is 9.95. The van der Waals surface area contributed by atoms with Crippen LogP contribution in [0.3, 0.4) is 0 Å². The van der Waals surface area contributed by atoms with E-state index < -0.39 is 15.9 Å². The topological polar surface area (TPSA) is 147 Å². The van der Waals surface area contributed by atoms with E-state index in [-0.39, 0.29) is 34.7 Å². The third-order valence-corrected chi connectivity index (χ3v) is 7.45. The molecule has 1 aromatic carbocycles. The fourth-order valence-corrected chi connectivity index (χ4v) is 5.05. The molecule has 0 spiro atoms. The standard InChI is InChI=1S/C27H29N7O5S/c1-27(2)11-20(30-15-27)16-7-6-8-17(9-16)23(35)31-19-10-21(24(39-4)28-13-19)34-14-18-12-29-25(40(5,37)38)32-22(18)33(3)26(34)36/h6-13,30H,14-15H2,1-5H3,(H,31,35). The lowest BCUT2D eigenvalue weighted by Crippen LogP contribution is -2.46. The molecule has 13 heteroatoms. The zero-order valence-electron chi connectivity index (χ0n) is 22.7. The number of anilines is 3. The van der Waals surface area contributed by atoms with E-state index in [4.69, 9.17) is 4.74 Å². The number of nitrogens with zero attached hydrogens (tertiary/aromatic N) is 5. The molecule has 0 saturated heterocycles. The summed E-state index contributed by atoms with van der Waals surface area (Å²) in [5.74, 6) is 0.0238. The number of carbonyl (C=O) groups is 2. The van der Waals surface area contributed by atoms with Gasteiger partial charge >= 0.3 is 6.03 Å².